The van der Waals surface area contributed by atoms with Crippen molar-refractivity contribution in [2.75, 3.05) is 29.9 Å². The number of benzene rings is 1. The van der Waals surface area contributed by atoms with Gasteiger partial charge in [0.05, 0.1) is 12.2 Å². The highest BCUT2D eigenvalue weighted by molar-refractivity contribution is 5.94. The van der Waals surface area contributed by atoms with Crippen molar-refractivity contribution in [1.82, 2.24) is 19.8 Å². The third-order valence-corrected chi connectivity index (χ3v) is 5.36. The molecular weight excluding hydrogens is 441 g/mol. The van der Waals surface area contributed by atoms with Crippen LogP contribution < -0.4 is 10.2 Å². The highest BCUT2D eigenvalue weighted by Crippen LogP contribution is 2.29. The number of esters is 1. The van der Waals surface area contributed by atoms with E-state index in [1.165, 1.54) is 6.07 Å². The number of nitrogens with one attached hydrogen (secondary N) is 1. The lowest BCUT2D eigenvalue weighted by Crippen LogP contribution is -2.38. The number of hydrogen-bond donors (Lipinski definition) is 1. The highest BCUT2D eigenvalue weighted by Gasteiger charge is 2.38. The van der Waals surface area contributed by atoms with Crippen LogP contribution in [-0.2, 0) is 15.7 Å². The van der Waals surface area contributed by atoms with E-state index < -0.39 is 18.0 Å². The van der Waals surface area contributed by atoms with E-state index in [9.17, 15) is 22.8 Å². The number of carbonyl (C=O) groups is 2. The van der Waals surface area contributed by atoms with Gasteiger partial charge in [0.15, 0.2) is 5.65 Å². The topological polar surface area (TPSA) is 102 Å². The number of aromatic nitrogens is 4. The van der Waals surface area contributed by atoms with E-state index in [1.54, 1.807) is 37.3 Å². The fraction of sp³-hybridized carbons (Fsp3) is 0.381. The van der Waals surface area contributed by atoms with Crippen molar-refractivity contribution >= 4 is 29.0 Å². The minimum atomic E-state index is -4.66. The first-order chi connectivity index (χ1) is 15.8. The number of hydrogen-bond acceptors (Lipinski definition) is 7. The van der Waals surface area contributed by atoms with Crippen molar-refractivity contribution < 1.29 is 27.5 Å². The average Bonchev–Trinajstić information content (AvgIpc) is 3.24. The van der Waals surface area contributed by atoms with Gasteiger partial charge in [-0.05, 0) is 56.2 Å². The molecule has 33 heavy (non-hydrogen) atoms. The molecule has 3 heterocycles. The second-order valence-corrected chi connectivity index (χ2v) is 7.53. The maximum absolute atomic E-state index is 13.1. The van der Waals surface area contributed by atoms with E-state index in [2.05, 4.69) is 20.6 Å². The zero-order chi connectivity index (χ0) is 23.6. The largest absolute Gasteiger partial charge is 0.462 e. The first kappa shape index (κ1) is 22.5. The number of amides is 1. The Kier molecular flexibility index (Phi) is 6.16. The third kappa shape index (κ3) is 4.89. The molecule has 1 aromatic carbocycles. The molecule has 174 valence electrons. The van der Waals surface area contributed by atoms with E-state index >= 15 is 0 Å². The predicted octanol–water partition coefficient (Wildman–Crippen LogP) is 3.17. The number of alkyl halides is 3. The highest BCUT2D eigenvalue weighted by atomic mass is 19.4. The van der Waals surface area contributed by atoms with Crippen LogP contribution in [0.15, 0.2) is 36.4 Å². The summed E-state index contributed by atoms with van der Waals surface area (Å²) in [7, 11) is 0. The molecule has 0 unspecified atom stereocenters. The average molecular weight is 462 g/mol. The Bertz CT molecular complexity index is 1150. The van der Waals surface area contributed by atoms with Gasteiger partial charge in [0.25, 0.3) is 5.82 Å². The van der Waals surface area contributed by atoms with Gasteiger partial charge in [0.1, 0.15) is 5.82 Å². The van der Waals surface area contributed by atoms with Gasteiger partial charge in [-0.2, -0.15) is 17.7 Å². The first-order valence-corrected chi connectivity index (χ1v) is 10.4. The van der Waals surface area contributed by atoms with Gasteiger partial charge in [-0.25, -0.2) is 4.79 Å². The van der Waals surface area contributed by atoms with Crippen LogP contribution in [0.1, 0.15) is 35.9 Å². The van der Waals surface area contributed by atoms with E-state index in [0.29, 0.717) is 47.5 Å². The van der Waals surface area contributed by atoms with Crippen molar-refractivity contribution in [2.45, 2.75) is 25.9 Å². The number of carbonyl (C=O) groups excluding carboxylic acids is 2. The quantitative estimate of drug-likeness (QED) is 0.581. The Labute approximate surface area is 186 Å². The summed E-state index contributed by atoms with van der Waals surface area (Å²) in [5.41, 5.74) is 0.971. The van der Waals surface area contributed by atoms with Crippen LogP contribution in [0.5, 0.6) is 0 Å². The maximum Gasteiger partial charge on any atom is 0.453 e. The Morgan fingerprint density at radius 2 is 1.79 bits per heavy atom. The number of rotatable bonds is 5. The van der Waals surface area contributed by atoms with Crippen LogP contribution in [0.4, 0.5) is 24.7 Å². The molecule has 0 radical (unpaired) electrons. The molecule has 3 aromatic rings. The molecule has 0 saturated carbocycles. The van der Waals surface area contributed by atoms with Gasteiger partial charge in [-0.15, -0.1) is 15.3 Å². The summed E-state index contributed by atoms with van der Waals surface area (Å²) >= 11 is 0. The Balaban J connectivity index is 1.37. The molecule has 1 amide bonds. The monoisotopic (exact) mass is 462 g/mol. The van der Waals surface area contributed by atoms with Crippen LogP contribution in [0.2, 0.25) is 0 Å². The lowest BCUT2D eigenvalue weighted by atomic mass is 9.95. The lowest BCUT2D eigenvalue weighted by Gasteiger charge is -2.32. The molecule has 12 heteroatoms. The third-order valence-electron chi connectivity index (χ3n) is 5.36. The molecular formula is C21H21F3N6O3. The summed E-state index contributed by atoms with van der Waals surface area (Å²) < 4.78 is 44.9. The van der Waals surface area contributed by atoms with E-state index in [-0.39, 0.29) is 24.1 Å². The number of piperidine rings is 1. The van der Waals surface area contributed by atoms with Crippen molar-refractivity contribution in [1.29, 1.82) is 0 Å². The van der Waals surface area contributed by atoms with Crippen LogP contribution in [0, 0.1) is 5.92 Å². The lowest BCUT2D eigenvalue weighted by molar-refractivity contribution is -0.146. The molecule has 0 spiro atoms. The summed E-state index contributed by atoms with van der Waals surface area (Å²) in [6, 6.07) is 9.46. The summed E-state index contributed by atoms with van der Waals surface area (Å²) in [6.45, 7) is 2.92. The van der Waals surface area contributed by atoms with Crippen molar-refractivity contribution in [2.24, 2.45) is 5.92 Å². The number of fused-ring (bicyclic) bond motifs is 1. The molecule has 1 N–H and O–H groups in total. The normalized spacial score (nSPS) is 15.0. The summed E-state index contributed by atoms with van der Waals surface area (Å²) in [5.74, 6) is -1.65. The maximum atomic E-state index is 13.1. The molecule has 4 rings (SSSR count). The van der Waals surface area contributed by atoms with Gasteiger partial charge in [-0.3, -0.25) is 4.79 Å². The Hall–Kier alpha value is -3.70. The Morgan fingerprint density at radius 3 is 2.42 bits per heavy atom. The van der Waals surface area contributed by atoms with Crippen molar-refractivity contribution in [3.8, 4) is 0 Å². The minimum absolute atomic E-state index is 0.00862. The standard InChI is InChI=1S/C21H21F3N6O3/c1-2-33-19(32)14-3-5-15(6-4-14)25-18(31)13-9-11-29(12-10-13)17-8-7-16-26-27-20(21(22,23)24)30(16)28-17/h3-8,13H,2,9-12H2,1H3,(H,25,31). The zero-order valence-electron chi connectivity index (χ0n) is 17.7. The predicted molar refractivity (Wildman–Crippen MR) is 112 cm³/mol. The molecule has 0 atom stereocenters. The van der Waals surface area contributed by atoms with E-state index in [4.69, 9.17) is 4.74 Å². The number of ether oxygens (including phenoxy) is 1. The number of nitrogens with zero attached hydrogens (tertiary/aromatic N) is 5. The second-order valence-electron chi connectivity index (χ2n) is 7.53. The van der Waals surface area contributed by atoms with E-state index in [0.717, 1.165) is 0 Å². The summed E-state index contributed by atoms with van der Waals surface area (Å²) in [5, 5.41) is 13.6. The molecule has 1 fully saturated rings. The number of anilines is 2. The minimum Gasteiger partial charge on any atom is -0.462 e. The molecule has 1 saturated heterocycles. The molecule has 2 aromatic heterocycles. The fourth-order valence-electron chi connectivity index (χ4n) is 3.64. The van der Waals surface area contributed by atoms with Gasteiger partial charge in [-0.1, -0.05) is 0 Å². The van der Waals surface area contributed by atoms with Crippen molar-refractivity contribution in [3.05, 3.63) is 47.8 Å². The second kappa shape index (κ2) is 9.04. The Morgan fingerprint density at radius 1 is 1.09 bits per heavy atom. The molecule has 1 aliphatic rings. The van der Waals surface area contributed by atoms with Crippen LogP contribution in [-0.4, -0.2) is 51.4 Å². The molecule has 0 aliphatic carbocycles. The van der Waals surface area contributed by atoms with Gasteiger partial charge >= 0.3 is 12.1 Å². The number of halogens is 3. The van der Waals surface area contributed by atoms with Gasteiger partial charge in [0.2, 0.25) is 5.91 Å². The van der Waals surface area contributed by atoms with Gasteiger partial charge < -0.3 is 15.0 Å². The summed E-state index contributed by atoms with van der Waals surface area (Å²) in [4.78, 5) is 26.2. The SMILES string of the molecule is CCOC(=O)c1ccc(NC(=O)C2CCN(c3ccc4nnc(C(F)(F)F)n4n3)CC2)cc1. The van der Waals surface area contributed by atoms with Crippen LogP contribution in [0.25, 0.3) is 5.65 Å². The fourth-order valence-corrected chi connectivity index (χ4v) is 3.64. The van der Waals surface area contributed by atoms with E-state index in [1.807, 2.05) is 4.90 Å². The zero-order valence-corrected chi connectivity index (χ0v) is 17.7. The van der Waals surface area contributed by atoms with Crippen LogP contribution in [0.3, 0.4) is 0 Å². The van der Waals surface area contributed by atoms with Gasteiger partial charge in [0, 0.05) is 24.7 Å². The van der Waals surface area contributed by atoms with Crippen LogP contribution >= 0.6 is 0 Å². The smallest absolute Gasteiger partial charge is 0.453 e. The first-order valence-electron chi connectivity index (χ1n) is 10.4. The van der Waals surface area contributed by atoms with Crippen molar-refractivity contribution in [3.63, 3.8) is 0 Å². The molecule has 9 nitrogen and oxygen atoms in total. The molecule has 1 aliphatic heterocycles. The molecule has 0 bridgehead atoms. The summed E-state index contributed by atoms with van der Waals surface area (Å²) in [6.07, 6.45) is -3.63.